The third kappa shape index (κ3) is 12.1. The van der Waals surface area contributed by atoms with Gasteiger partial charge in [0.05, 0.1) is 6.54 Å². The molecule has 3 nitrogen and oxygen atoms in total. The summed E-state index contributed by atoms with van der Waals surface area (Å²) in [6.07, 6.45) is 12.0. The highest BCUT2D eigenvalue weighted by atomic mass is 16.5. The van der Waals surface area contributed by atoms with E-state index in [1.54, 1.807) is 6.92 Å². The Morgan fingerprint density at radius 2 is 1.29 bits per heavy atom. The summed E-state index contributed by atoms with van der Waals surface area (Å²) in [7, 11) is 0. The third-order valence-electron chi connectivity index (χ3n) is 3.24. The number of aliphatic hydroxyl groups is 1. The fraction of sp³-hybridized carbons (Fsp3) is 1.00. The maximum Gasteiger partial charge on any atom is 0.185 e. The molecule has 0 heterocycles. The van der Waals surface area contributed by atoms with Crippen molar-refractivity contribution < 1.29 is 10.2 Å². The molecule has 104 valence electrons. The summed E-state index contributed by atoms with van der Waals surface area (Å²) in [6, 6.07) is 0. The Labute approximate surface area is 107 Å². The van der Waals surface area contributed by atoms with Crippen LogP contribution >= 0.6 is 0 Å². The van der Waals surface area contributed by atoms with Crippen LogP contribution in [0.1, 0.15) is 78.1 Å². The van der Waals surface area contributed by atoms with Crippen molar-refractivity contribution in [1.82, 2.24) is 0 Å². The van der Waals surface area contributed by atoms with Gasteiger partial charge < -0.3 is 15.4 Å². The van der Waals surface area contributed by atoms with Gasteiger partial charge in [-0.15, -0.1) is 0 Å². The maximum atomic E-state index is 11.1. The normalized spacial score (nSPS) is 14.8. The molecule has 0 fully saturated rings. The van der Waals surface area contributed by atoms with Crippen LogP contribution in [0.4, 0.5) is 0 Å². The Hall–Kier alpha value is -0.120. The highest BCUT2D eigenvalue weighted by molar-refractivity contribution is 4.47. The zero-order chi connectivity index (χ0) is 12.9. The van der Waals surface area contributed by atoms with Crippen molar-refractivity contribution in [3.8, 4) is 0 Å². The number of unbranched alkanes of at least 4 members (excludes halogenated alkanes) is 9. The predicted molar refractivity (Wildman–Crippen MR) is 72.7 cm³/mol. The Bertz CT molecular complexity index is 151. The molecule has 0 saturated carbocycles. The highest BCUT2D eigenvalue weighted by Gasteiger charge is 2.02. The summed E-state index contributed by atoms with van der Waals surface area (Å²) in [4.78, 5) is 0. The number of aliphatic hydroxyl groups excluding tert-OH is 1. The van der Waals surface area contributed by atoms with Gasteiger partial charge in [-0.05, 0) is 12.8 Å². The Kier molecular flexibility index (Phi) is 12.3. The van der Waals surface area contributed by atoms with Crippen LogP contribution in [0.25, 0.3) is 0 Å². The fourth-order valence-electron chi connectivity index (χ4n) is 2.00. The van der Waals surface area contributed by atoms with Crippen LogP contribution in [0.3, 0.4) is 0 Å². The van der Waals surface area contributed by atoms with E-state index in [1.165, 1.54) is 51.4 Å². The van der Waals surface area contributed by atoms with Gasteiger partial charge in [0.25, 0.3) is 0 Å². The average Bonchev–Trinajstić information content (AvgIpc) is 2.31. The number of nitrogens with one attached hydrogen (secondary N) is 1. The van der Waals surface area contributed by atoms with E-state index in [0.29, 0.717) is 6.54 Å². The zero-order valence-corrected chi connectivity index (χ0v) is 11.7. The minimum absolute atomic E-state index is 0.00966. The first kappa shape index (κ1) is 16.9. The standard InChI is InChI=1S/C14H31NO2/c1-3-4-5-6-7-8-9-10-11-12-13-15(17)14(2)16/h14-16H,3-13H2,1-2H3. The van der Waals surface area contributed by atoms with Crippen molar-refractivity contribution in [2.75, 3.05) is 6.54 Å². The Morgan fingerprint density at radius 3 is 1.71 bits per heavy atom. The van der Waals surface area contributed by atoms with E-state index >= 15 is 0 Å². The molecule has 0 amide bonds. The molecule has 0 aromatic carbocycles. The zero-order valence-electron chi connectivity index (χ0n) is 11.7. The molecule has 17 heavy (non-hydrogen) atoms. The first-order valence-corrected chi connectivity index (χ1v) is 7.39. The average molecular weight is 245 g/mol. The van der Waals surface area contributed by atoms with Gasteiger partial charge in [0.1, 0.15) is 0 Å². The van der Waals surface area contributed by atoms with Crippen molar-refractivity contribution in [1.29, 1.82) is 0 Å². The van der Waals surface area contributed by atoms with E-state index in [1.807, 2.05) is 0 Å². The van der Waals surface area contributed by atoms with E-state index in [-0.39, 0.29) is 5.06 Å². The van der Waals surface area contributed by atoms with Crippen LogP contribution in [-0.4, -0.2) is 17.9 Å². The van der Waals surface area contributed by atoms with Crippen molar-refractivity contribution in [3.05, 3.63) is 5.21 Å². The number of rotatable bonds is 12. The number of quaternary nitrogens is 1. The molecule has 3 heteroatoms. The predicted octanol–water partition coefficient (Wildman–Crippen LogP) is 2.63. The maximum absolute atomic E-state index is 11.1. The molecular formula is C14H31NO2. The van der Waals surface area contributed by atoms with E-state index in [0.717, 1.165) is 12.8 Å². The van der Waals surface area contributed by atoms with Gasteiger partial charge in [-0.3, -0.25) is 0 Å². The van der Waals surface area contributed by atoms with Crippen LogP contribution < -0.4 is 5.06 Å². The minimum Gasteiger partial charge on any atom is -0.632 e. The summed E-state index contributed by atoms with van der Waals surface area (Å²) in [5.41, 5.74) is 0. The fourth-order valence-corrected chi connectivity index (χ4v) is 2.00. The first-order chi connectivity index (χ1) is 8.18. The monoisotopic (exact) mass is 245 g/mol. The van der Waals surface area contributed by atoms with Crippen LogP contribution in [0.5, 0.6) is 0 Å². The Morgan fingerprint density at radius 1 is 0.882 bits per heavy atom. The second-order valence-corrected chi connectivity index (χ2v) is 5.07. The molecular weight excluding hydrogens is 214 g/mol. The molecule has 0 aliphatic carbocycles. The van der Waals surface area contributed by atoms with Gasteiger partial charge in [0, 0.05) is 6.92 Å². The molecule has 0 bridgehead atoms. The topological polar surface area (TPSA) is 47.7 Å². The van der Waals surface area contributed by atoms with E-state index in [9.17, 15) is 5.21 Å². The van der Waals surface area contributed by atoms with Gasteiger partial charge in [-0.1, -0.05) is 58.3 Å². The molecule has 0 aromatic rings. The quantitative estimate of drug-likeness (QED) is 0.315. The molecule has 2 unspecified atom stereocenters. The summed E-state index contributed by atoms with van der Waals surface area (Å²) in [5, 5.41) is 20.1. The van der Waals surface area contributed by atoms with Gasteiger partial charge in [0.15, 0.2) is 6.23 Å². The lowest BCUT2D eigenvalue weighted by Crippen LogP contribution is -3.11. The van der Waals surface area contributed by atoms with Crippen molar-refractivity contribution in [2.24, 2.45) is 0 Å². The molecule has 2 N–H and O–H groups in total. The Balaban J connectivity index is 3.03. The van der Waals surface area contributed by atoms with Gasteiger partial charge in [0.2, 0.25) is 0 Å². The molecule has 0 radical (unpaired) electrons. The van der Waals surface area contributed by atoms with Crippen molar-refractivity contribution >= 4 is 0 Å². The highest BCUT2D eigenvalue weighted by Crippen LogP contribution is 2.09. The second-order valence-electron chi connectivity index (χ2n) is 5.07. The van der Waals surface area contributed by atoms with Crippen molar-refractivity contribution in [3.63, 3.8) is 0 Å². The number of hydroxylamine groups is 2. The number of hydrogen-bond donors (Lipinski definition) is 2. The molecule has 0 saturated heterocycles. The van der Waals surface area contributed by atoms with Gasteiger partial charge in [-0.2, -0.15) is 0 Å². The molecule has 0 aliphatic rings. The van der Waals surface area contributed by atoms with E-state index in [2.05, 4.69) is 6.92 Å². The van der Waals surface area contributed by atoms with Gasteiger partial charge >= 0.3 is 0 Å². The second kappa shape index (κ2) is 12.3. The van der Waals surface area contributed by atoms with E-state index in [4.69, 9.17) is 5.11 Å². The van der Waals surface area contributed by atoms with Crippen molar-refractivity contribution in [2.45, 2.75) is 84.3 Å². The summed E-state index contributed by atoms with van der Waals surface area (Å²) >= 11 is 0. The lowest BCUT2D eigenvalue weighted by molar-refractivity contribution is -0.897. The van der Waals surface area contributed by atoms with Crippen LogP contribution in [0, 0.1) is 5.21 Å². The third-order valence-corrected chi connectivity index (χ3v) is 3.24. The summed E-state index contributed by atoms with van der Waals surface area (Å²) in [6.45, 7) is 4.35. The van der Waals surface area contributed by atoms with Gasteiger partial charge in [-0.25, -0.2) is 0 Å². The first-order valence-electron chi connectivity index (χ1n) is 7.39. The van der Waals surface area contributed by atoms with E-state index < -0.39 is 6.23 Å². The largest absolute Gasteiger partial charge is 0.632 e. The molecule has 0 spiro atoms. The lowest BCUT2D eigenvalue weighted by atomic mass is 10.1. The smallest absolute Gasteiger partial charge is 0.185 e. The lowest BCUT2D eigenvalue weighted by Gasteiger charge is -2.24. The van der Waals surface area contributed by atoms with Crippen LogP contribution in [0.2, 0.25) is 0 Å². The number of hydrogen-bond acceptors (Lipinski definition) is 2. The van der Waals surface area contributed by atoms with Crippen LogP contribution in [0.15, 0.2) is 0 Å². The molecule has 0 aliphatic heterocycles. The molecule has 0 aromatic heterocycles. The summed E-state index contributed by atoms with van der Waals surface area (Å²) < 4.78 is 0. The SMILES string of the molecule is CCCCCCCCCCCC[NH+]([O-])C(C)O. The van der Waals surface area contributed by atoms with Crippen LogP contribution in [-0.2, 0) is 0 Å². The molecule has 2 atom stereocenters. The minimum atomic E-state index is -0.770. The summed E-state index contributed by atoms with van der Waals surface area (Å²) in [5.74, 6) is 0. The molecule has 0 rings (SSSR count).